The van der Waals surface area contributed by atoms with Crippen LogP contribution in [0.1, 0.15) is 27.2 Å². The van der Waals surface area contributed by atoms with Gasteiger partial charge in [0, 0.05) is 13.1 Å². The lowest BCUT2D eigenvalue weighted by Crippen LogP contribution is -2.48. The van der Waals surface area contributed by atoms with Crippen LogP contribution in [0.3, 0.4) is 0 Å². The Balaban J connectivity index is 2.39. The number of primary amides is 1. The SMILES string of the molecule is CCNC(CN1CCC(C(C)C)C1)C(N)=O. The Morgan fingerprint density at radius 3 is 2.69 bits per heavy atom. The van der Waals surface area contributed by atoms with Crippen molar-refractivity contribution in [3.05, 3.63) is 0 Å². The van der Waals surface area contributed by atoms with Gasteiger partial charge in [-0.05, 0) is 31.3 Å². The van der Waals surface area contributed by atoms with Crippen LogP contribution in [0.5, 0.6) is 0 Å². The second kappa shape index (κ2) is 6.21. The van der Waals surface area contributed by atoms with E-state index in [4.69, 9.17) is 5.73 Å². The van der Waals surface area contributed by atoms with Gasteiger partial charge in [0.15, 0.2) is 0 Å². The molecule has 1 heterocycles. The van der Waals surface area contributed by atoms with E-state index in [1.54, 1.807) is 0 Å². The molecule has 0 radical (unpaired) electrons. The summed E-state index contributed by atoms with van der Waals surface area (Å²) in [5.74, 6) is 1.26. The zero-order valence-electron chi connectivity index (χ0n) is 10.7. The van der Waals surface area contributed by atoms with Crippen molar-refractivity contribution in [3.63, 3.8) is 0 Å². The molecule has 4 heteroatoms. The van der Waals surface area contributed by atoms with Crippen molar-refractivity contribution in [2.75, 3.05) is 26.2 Å². The highest BCUT2D eigenvalue weighted by Gasteiger charge is 2.27. The Labute approximate surface area is 98.6 Å². The van der Waals surface area contributed by atoms with E-state index >= 15 is 0 Å². The lowest BCUT2D eigenvalue weighted by Gasteiger charge is -2.22. The molecule has 0 saturated carbocycles. The molecule has 0 aromatic carbocycles. The summed E-state index contributed by atoms with van der Waals surface area (Å²) < 4.78 is 0. The van der Waals surface area contributed by atoms with E-state index in [1.165, 1.54) is 6.42 Å². The Morgan fingerprint density at radius 1 is 1.56 bits per heavy atom. The fraction of sp³-hybridized carbons (Fsp3) is 0.917. The first-order valence-electron chi connectivity index (χ1n) is 6.29. The highest BCUT2D eigenvalue weighted by atomic mass is 16.1. The first-order chi connectivity index (χ1) is 7.54. The lowest BCUT2D eigenvalue weighted by atomic mass is 9.95. The predicted molar refractivity (Wildman–Crippen MR) is 66.0 cm³/mol. The molecule has 0 bridgehead atoms. The minimum atomic E-state index is -0.241. The summed E-state index contributed by atoms with van der Waals surface area (Å²) in [5, 5.41) is 3.14. The Hall–Kier alpha value is -0.610. The molecule has 1 aliphatic heterocycles. The molecule has 1 aliphatic rings. The van der Waals surface area contributed by atoms with Gasteiger partial charge in [0.25, 0.3) is 0 Å². The van der Waals surface area contributed by atoms with Gasteiger partial charge < -0.3 is 16.0 Å². The standard InChI is InChI=1S/C12H25N3O/c1-4-14-11(12(13)16)8-15-6-5-10(7-15)9(2)3/h9-11,14H,4-8H2,1-3H3,(H2,13,16). The van der Waals surface area contributed by atoms with E-state index in [0.717, 1.165) is 38.0 Å². The highest BCUT2D eigenvalue weighted by Crippen LogP contribution is 2.23. The number of nitrogens with two attached hydrogens (primary N) is 1. The number of likely N-dealkylation sites (N-methyl/N-ethyl adjacent to an activating group) is 1. The Bertz CT molecular complexity index is 230. The van der Waals surface area contributed by atoms with Crippen molar-refractivity contribution in [2.24, 2.45) is 17.6 Å². The topological polar surface area (TPSA) is 58.4 Å². The molecule has 1 amide bonds. The van der Waals surface area contributed by atoms with E-state index in [1.807, 2.05) is 6.92 Å². The third kappa shape index (κ3) is 3.76. The van der Waals surface area contributed by atoms with Crippen LogP contribution in [0, 0.1) is 11.8 Å². The molecule has 94 valence electrons. The van der Waals surface area contributed by atoms with Crippen LogP contribution in [0.25, 0.3) is 0 Å². The zero-order valence-corrected chi connectivity index (χ0v) is 10.7. The minimum Gasteiger partial charge on any atom is -0.368 e. The first-order valence-corrected chi connectivity index (χ1v) is 6.29. The third-order valence-corrected chi connectivity index (χ3v) is 3.49. The quantitative estimate of drug-likeness (QED) is 0.692. The second-order valence-corrected chi connectivity index (χ2v) is 5.06. The summed E-state index contributed by atoms with van der Waals surface area (Å²) in [6.07, 6.45) is 1.25. The molecule has 0 aromatic rings. The molecular weight excluding hydrogens is 202 g/mol. The summed E-state index contributed by atoms with van der Waals surface area (Å²) >= 11 is 0. The smallest absolute Gasteiger partial charge is 0.235 e. The Morgan fingerprint density at radius 2 is 2.25 bits per heavy atom. The molecule has 2 unspecified atom stereocenters. The zero-order chi connectivity index (χ0) is 12.1. The van der Waals surface area contributed by atoms with Crippen LogP contribution in [-0.4, -0.2) is 43.0 Å². The molecule has 0 spiro atoms. The summed E-state index contributed by atoms with van der Waals surface area (Å²) in [6.45, 7) is 10.3. The van der Waals surface area contributed by atoms with Crippen LogP contribution in [0.15, 0.2) is 0 Å². The fourth-order valence-electron chi connectivity index (χ4n) is 2.33. The van der Waals surface area contributed by atoms with E-state index in [-0.39, 0.29) is 11.9 Å². The van der Waals surface area contributed by atoms with Crippen molar-refractivity contribution >= 4 is 5.91 Å². The van der Waals surface area contributed by atoms with Crippen molar-refractivity contribution in [2.45, 2.75) is 33.2 Å². The minimum absolute atomic E-state index is 0.198. The molecule has 0 aromatic heterocycles. The van der Waals surface area contributed by atoms with Gasteiger partial charge in [-0.15, -0.1) is 0 Å². The first kappa shape index (κ1) is 13.5. The molecule has 0 aliphatic carbocycles. The number of nitrogens with one attached hydrogen (secondary N) is 1. The van der Waals surface area contributed by atoms with Gasteiger partial charge in [0.1, 0.15) is 0 Å². The largest absolute Gasteiger partial charge is 0.368 e. The number of rotatable bonds is 6. The molecule has 1 fully saturated rings. The van der Waals surface area contributed by atoms with Gasteiger partial charge >= 0.3 is 0 Å². The number of amides is 1. The van der Waals surface area contributed by atoms with Gasteiger partial charge in [-0.1, -0.05) is 20.8 Å². The van der Waals surface area contributed by atoms with Crippen LogP contribution in [0.4, 0.5) is 0 Å². The molecule has 4 nitrogen and oxygen atoms in total. The molecule has 2 atom stereocenters. The highest BCUT2D eigenvalue weighted by molar-refractivity contribution is 5.80. The van der Waals surface area contributed by atoms with Gasteiger partial charge in [0.05, 0.1) is 6.04 Å². The monoisotopic (exact) mass is 227 g/mol. The summed E-state index contributed by atoms with van der Waals surface area (Å²) in [5.41, 5.74) is 5.37. The number of likely N-dealkylation sites (tertiary alicyclic amines) is 1. The maximum Gasteiger partial charge on any atom is 0.235 e. The van der Waals surface area contributed by atoms with Crippen molar-refractivity contribution in [1.82, 2.24) is 10.2 Å². The number of carbonyl (C=O) groups is 1. The van der Waals surface area contributed by atoms with Gasteiger partial charge in [0.2, 0.25) is 5.91 Å². The van der Waals surface area contributed by atoms with E-state index in [2.05, 4.69) is 24.1 Å². The van der Waals surface area contributed by atoms with Gasteiger partial charge in [-0.3, -0.25) is 4.79 Å². The molecule has 16 heavy (non-hydrogen) atoms. The predicted octanol–water partition coefficient (Wildman–Crippen LogP) is 0.428. The van der Waals surface area contributed by atoms with Gasteiger partial charge in [-0.2, -0.15) is 0 Å². The molecular formula is C12H25N3O. The van der Waals surface area contributed by atoms with Crippen molar-refractivity contribution in [1.29, 1.82) is 0 Å². The van der Waals surface area contributed by atoms with Crippen LogP contribution in [0.2, 0.25) is 0 Å². The van der Waals surface area contributed by atoms with Gasteiger partial charge in [-0.25, -0.2) is 0 Å². The maximum absolute atomic E-state index is 11.2. The van der Waals surface area contributed by atoms with Crippen LogP contribution < -0.4 is 11.1 Å². The average Bonchev–Trinajstić information content (AvgIpc) is 2.65. The fourth-order valence-corrected chi connectivity index (χ4v) is 2.33. The molecule has 1 saturated heterocycles. The Kier molecular flexibility index (Phi) is 5.22. The van der Waals surface area contributed by atoms with Crippen LogP contribution >= 0.6 is 0 Å². The maximum atomic E-state index is 11.2. The summed E-state index contributed by atoms with van der Waals surface area (Å²) in [4.78, 5) is 13.6. The third-order valence-electron chi connectivity index (χ3n) is 3.49. The van der Waals surface area contributed by atoms with Crippen molar-refractivity contribution < 1.29 is 4.79 Å². The normalized spacial score (nSPS) is 23.9. The lowest BCUT2D eigenvalue weighted by molar-refractivity contribution is -0.120. The average molecular weight is 227 g/mol. The number of carbonyl (C=O) groups excluding carboxylic acids is 1. The van der Waals surface area contributed by atoms with E-state index in [0.29, 0.717) is 0 Å². The number of nitrogens with zero attached hydrogens (tertiary/aromatic N) is 1. The summed E-state index contributed by atoms with van der Waals surface area (Å²) in [6, 6.07) is -0.198. The number of hydrogen-bond donors (Lipinski definition) is 2. The molecule has 1 rings (SSSR count). The van der Waals surface area contributed by atoms with Crippen molar-refractivity contribution in [3.8, 4) is 0 Å². The van der Waals surface area contributed by atoms with Crippen LogP contribution in [-0.2, 0) is 4.79 Å². The molecule has 3 N–H and O–H groups in total. The number of hydrogen-bond acceptors (Lipinski definition) is 3. The summed E-state index contributed by atoms with van der Waals surface area (Å²) in [7, 11) is 0. The second-order valence-electron chi connectivity index (χ2n) is 5.06. The van der Waals surface area contributed by atoms with E-state index < -0.39 is 0 Å². The van der Waals surface area contributed by atoms with E-state index in [9.17, 15) is 4.79 Å².